The van der Waals surface area contributed by atoms with Crippen molar-refractivity contribution in [1.82, 2.24) is 4.98 Å². The van der Waals surface area contributed by atoms with Crippen molar-refractivity contribution in [3.63, 3.8) is 0 Å². The second-order valence-corrected chi connectivity index (χ2v) is 1.82. The Kier molecular flexibility index (Phi) is 54.6. The summed E-state index contributed by atoms with van der Waals surface area (Å²) in [5.41, 5.74) is 0. The van der Waals surface area contributed by atoms with Crippen LogP contribution in [0.3, 0.4) is 0 Å². The Labute approximate surface area is 124 Å². The molecule has 0 saturated carbocycles. The third kappa shape index (κ3) is 23.6. The van der Waals surface area contributed by atoms with E-state index in [1.54, 1.807) is 20.0 Å². The first-order valence-corrected chi connectivity index (χ1v) is 4.67. The van der Waals surface area contributed by atoms with E-state index < -0.39 is 0 Å². The zero-order valence-corrected chi connectivity index (χ0v) is 12.9. The van der Waals surface area contributed by atoms with Crippen LogP contribution < -0.4 is 0 Å². The standard InChI is InChI=1S/C5H5.C4H4N.2CH3.CH2.2ClH.Ti/c2*1-2-4-5-3-1;;;;;;/h1-3H,4H2;1-3,5H;2*1H3;1H2;2*1H;/q4*-1;;;;. The number of allylic oxidation sites excluding steroid dienone is 4. The zero-order valence-electron chi connectivity index (χ0n) is 9.69. The Morgan fingerprint density at radius 1 is 1.19 bits per heavy atom. The van der Waals surface area contributed by atoms with Crippen molar-refractivity contribution in [3.05, 3.63) is 63.7 Å². The van der Waals surface area contributed by atoms with Gasteiger partial charge in [0.25, 0.3) is 0 Å². The molecule has 0 saturated heterocycles. The Balaban J connectivity index is -0.0000000360. The van der Waals surface area contributed by atoms with E-state index in [2.05, 4.69) is 28.2 Å². The summed E-state index contributed by atoms with van der Waals surface area (Å²) in [5, 5.41) is 0. The summed E-state index contributed by atoms with van der Waals surface area (Å²) in [6, 6.07) is 3.71. The molecule has 1 heterocycles. The maximum absolute atomic E-state index is 3.25. The molecular weight excluding hydrogens is 277 g/mol. The molecule has 2 rings (SSSR count). The molecule has 0 amide bonds. The minimum atomic E-state index is 0. The van der Waals surface area contributed by atoms with Gasteiger partial charge in [-0.1, -0.05) is 0 Å². The number of aromatic amines is 1. The molecule has 16 heavy (non-hydrogen) atoms. The molecule has 0 atom stereocenters. The fourth-order valence-electron chi connectivity index (χ4n) is 0.581. The van der Waals surface area contributed by atoms with Gasteiger partial charge in [0.1, 0.15) is 0 Å². The molecule has 0 aromatic carbocycles. The van der Waals surface area contributed by atoms with E-state index in [9.17, 15) is 0 Å². The molecule has 0 radical (unpaired) electrons. The number of H-pyrrole nitrogens is 1. The SMILES string of the molecule is Cl.Cl.[C-]1=CC=CC1.[CH2]=[Ti].[CH3-].[CH3-].[c-]1ccc[nH]1. The first-order chi connectivity index (χ1) is 6.00. The number of hydrogen-bond acceptors (Lipinski definition) is 0. The van der Waals surface area contributed by atoms with Crippen LogP contribution in [0.5, 0.6) is 0 Å². The fourth-order valence-corrected chi connectivity index (χ4v) is 0.581. The van der Waals surface area contributed by atoms with Crippen LogP contribution in [0.25, 0.3) is 0 Å². The van der Waals surface area contributed by atoms with Crippen molar-refractivity contribution in [2.45, 2.75) is 6.42 Å². The van der Waals surface area contributed by atoms with Crippen LogP contribution in [-0.4, -0.2) is 9.80 Å². The molecule has 0 bridgehead atoms. The molecule has 94 valence electrons. The molecule has 0 spiro atoms. The molecule has 4 heteroatoms. The van der Waals surface area contributed by atoms with E-state index in [4.69, 9.17) is 0 Å². The van der Waals surface area contributed by atoms with Crippen LogP contribution in [0.4, 0.5) is 0 Å². The third-order valence-corrected chi connectivity index (χ3v) is 1.03. The van der Waals surface area contributed by atoms with Gasteiger partial charge in [-0.25, -0.2) is 12.2 Å². The van der Waals surface area contributed by atoms with Crippen molar-refractivity contribution in [3.8, 4) is 0 Å². The smallest absolute Gasteiger partial charge is 0.108 e. The van der Waals surface area contributed by atoms with Gasteiger partial charge in [0.15, 0.2) is 0 Å². The first-order valence-electron chi connectivity index (χ1n) is 3.56. The van der Waals surface area contributed by atoms with Gasteiger partial charge in [0.05, 0.1) is 0 Å². The number of halogens is 2. The largest absolute Gasteiger partial charge is 0.484 e. The second kappa shape index (κ2) is 29.4. The summed E-state index contributed by atoms with van der Waals surface area (Å²) in [7, 11) is 0. The second-order valence-electron chi connectivity index (χ2n) is 1.82. The Hall–Kier alpha value is -0.0757. The average Bonchev–Trinajstić information content (AvgIpc) is 2.87. The monoisotopic (exact) mass is 295 g/mol. The van der Waals surface area contributed by atoms with Crippen molar-refractivity contribution in [1.29, 1.82) is 0 Å². The molecule has 1 aliphatic carbocycles. The van der Waals surface area contributed by atoms with E-state index >= 15 is 0 Å². The fraction of sp³-hybridized carbons (Fsp3) is 0.0833. The predicted molar refractivity (Wildman–Crippen MR) is 75.6 cm³/mol. The molecule has 0 unspecified atom stereocenters. The molecule has 0 aliphatic heterocycles. The maximum Gasteiger partial charge on any atom is -0.108 e. The Morgan fingerprint density at radius 3 is 1.94 bits per heavy atom. The van der Waals surface area contributed by atoms with Gasteiger partial charge in [-0.15, -0.1) is 37.4 Å². The third-order valence-electron chi connectivity index (χ3n) is 1.03. The van der Waals surface area contributed by atoms with E-state index in [1.807, 2.05) is 30.5 Å². The van der Waals surface area contributed by atoms with Gasteiger partial charge in [0.2, 0.25) is 0 Å². The molecule has 1 aliphatic rings. The zero-order chi connectivity index (χ0) is 9.07. The molecule has 1 N–H and O–H groups in total. The van der Waals surface area contributed by atoms with Crippen molar-refractivity contribution in [2.24, 2.45) is 0 Å². The number of hydrogen-bond donors (Lipinski definition) is 1. The number of nitrogens with one attached hydrogen (secondary N) is 1. The molecule has 1 aromatic heterocycles. The van der Waals surface area contributed by atoms with E-state index in [-0.39, 0.29) is 39.7 Å². The van der Waals surface area contributed by atoms with Crippen LogP contribution in [0, 0.1) is 27.1 Å². The summed E-state index contributed by atoms with van der Waals surface area (Å²) in [6.07, 6.45) is 14.6. The van der Waals surface area contributed by atoms with Crippen LogP contribution in [0.2, 0.25) is 0 Å². The summed E-state index contributed by atoms with van der Waals surface area (Å²) >= 11 is 1.75. The number of rotatable bonds is 0. The minimum Gasteiger partial charge on any atom is -0.484 e. The minimum absolute atomic E-state index is 0. The van der Waals surface area contributed by atoms with Crippen LogP contribution in [0.15, 0.2) is 36.6 Å². The van der Waals surface area contributed by atoms with Gasteiger partial charge >= 0.3 is 24.8 Å². The summed E-state index contributed by atoms with van der Waals surface area (Å²) in [4.78, 5) is 5.99. The van der Waals surface area contributed by atoms with Gasteiger partial charge in [-0.3, -0.25) is 6.08 Å². The quantitative estimate of drug-likeness (QED) is 0.553. The van der Waals surface area contributed by atoms with E-state index in [0.29, 0.717) is 0 Å². The molecule has 1 nitrogen and oxygen atoms in total. The maximum atomic E-state index is 3.25. The van der Waals surface area contributed by atoms with Crippen molar-refractivity contribution >= 4 is 29.6 Å². The average molecular weight is 296 g/mol. The van der Waals surface area contributed by atoms with Crippen molar-refractivity contribution in [2.75, 3.05) is 0 Å². The van der Waals surface area contributed by atoms with Gasteiger partial charge < -0.3 is 19.8 Å². The van der Waals surface area contributed by atoms with Crippen molar-refractivity contribution < 1.29 is 20.0 Å². The molecule has 1 aromatic rings. The topological polar surface area (TPSA) is 15.8 Å². The first kappa shape index (κ1) is 29.7. The predicted octanol–water partition coefficient (Wildman–Crippen LogP) is 3.83. The van der Waals surface area contributed by atoms with Gasteiger partial charge in [-0.2, -0.15) is 24.4 Å². The van der Waals surface area contributed by atoms with Crippen LogP contribution in [0.1, 0.15) is 6.42 Å². The molecule has 0 fully saturated rings. The number of aromatic nitrogens is 1. The van der Waals surface area contributed by atoms with Crippen LogP contribution in [-0.2, 0) is 20.0 Å². The Bertz CT molecular complexity index is 194. The summed E-state index contributed by atoms with van der Waals surface area (Å²) in [5.74, 6) is 0. The van der Waals surface area contributed by atoms with Gasteiger partial charge in [0, 0.05) is 0 Å². The van der Waals surface area contributed by atoms with Crippen LogP contribution >= 0.6 is 24.8 Å². The summed E-state index contributed by atoms with van der Waals surface area (Å²) < 4.78 is 0. The van der Waals surface area contributed by atoms with E-state index in [0.717, 1.165) is 6.42 Å². The van der Waals surface area contributed by atoms with Gasteiger partial charge in [-0.05, 0) is 0 Å². The normalized spacial score (nSPS) is 8.19. The molecular formula is C12H19Cl2NTi-4. The van der Waals surface area contributed by atoms with E-state index in [1.165, 1.54) is 0 Å². The Morgan fingerprint density at radius 2 is 1.81 bits per heavy atom. The summed E-state index contributed by atoms with van der Waals surface area (Å²) in [6.45, 7) is 0.